The molecule has 1 aromatic heterocycles. The lowest BCUT2D eigenvalue weighted by molar-refractivity contribution is 0.512. The van der Waals surface area contributed by atoms with E-state index < -0.39 is 11.6 Å². The summed E-state index contributed by atoms with van der Waals surface area (Å²) in [5.74, 6) is -1.92. The highest BCUT2D eigenvalue weighted by Gasteiger charge is 2.14. The van der Waals surface area contributed by atoms with Crippen LogP contribution in [0.2, 0.25) is 0 Å². The van der Waals surface area contributed by atoms with Crippen molar-refractivity contribution < 1.29 is 8.78 Å². The number of anilines is 3. The number of nitrogens with one attached hydrogen (secondary N) is 1. The van der Waals surface area contributed by atoms with Crippen LogP contribution in [0.15, 0.2) is 18.3 Å². The van der Waals surface area contributed by atoms with E-state index in [2.05, 4.69) is 10.4 Å². The molecule has 0 aliphatic rings. The Balaban J connectivity index is 2.42. The van der Waals surface area contributed by atoms with Gasteiger partial charge in [-0.3, -0.25) is 4.68 Å². The molecule has 0 unspecified atom stereocenters. The van der Waals surface area contributed by atoms with Crippen molar-refractivity contribution in [2.24, 2.45) is 7.05 Å². The summed E-state index contributed by atoms with van der Waals surface area (Å²) in [7, 11) is 1.76. The number of nitrogens with two attached hydrogens (primary N) is 1. The molecular weight excluding hydrogens is 238 g/mol. The molecule has 0 saturated heterocycles. The second-order valence-corrected chi connectivity index (χ2v) is 3.97. The maximum Gasteiger partial charge on any atom is 0.184 e. The largest absolute Gasteiger partial charge is 0.397 e. The minimum atomic E-state index is -0.985. The summed E-state index contributed by atoms with van der Waals surface area (Å²) >= 11 is 0. The molecule has 0 atom stereocenters. The van der Waals surface area contributed by atoms with Crippen molar-refractivity contribution in [3.05, 3.63) is 35.7 Å². The average Bonchev–Trinajstić information content (AvgIpc) is 2.70. The van der Waals surface area contributed by atoms with Gasteiger partial charge in [-0.15, -0.1) is 0 Å². The Bertz CT molecular complexity index is 578. The van der Waals surface area contributed by atoms with E-state index in [0.29, 0.717) is 12.1 Å². The van der Waals surface area contributed by atoms with E-state index in [1.54, 1.807) is 17.9 Å². The standard InChI is InChI=1S/C12H14F2N4/c1-3-9-10(6-18(2)17-9)16-12-8(15)5-4-7(13)11(12)14/h4-6,16H,3,15H2,1-2H3. The van der Waals surface area contributed by atoms with Crippen LogP contribution < -0.4 is 11.1 Å². The third kappa shape index (κ3) is 2.13. The van der Waals surface area contributed by atoms with Crippen LogP contribution in [0.3, 0.4) is 0 Å². The molecule has 2 aromatic rings. The molecule has 1 heterocycles. The van der Waals surface area contributed by atoms with Gasteiger partial charge in [-0.25, -0.2) is 8.78 Å². The first-order valence-corrected chi connectivity index (χ1v) is 5.56. The predicted molar refractivity (Wildman–Crippen MR) is 66.6 cm³/mol. The zero-order chi connectivity index (χ0) is 13.3. The summed E-state index contributed by atoms with van der Waals surface area (Å²) in [6.45, 7) is 1.93. The zero-order valence-electron chi connectivity index (χ0n) is 10.2. The van der Waals surface area contributed by atoms with Crippen molar-refractivity contribution in [3.63, 3.8) is 0 Å². The van der Waals surface area contributed by atoms with Gasteiger partial charge in [-0.2, -0.15) is 5.10 Å². The van der Waals surface area contributed by atoms with Gasteiger partial charge in [0.1, 0.15) is 5.69 Å². The van der Waals surface area contributed by atoms with E-state index in [1.165, 1.54) is 6.07 Å². The lowest BCUT2D eigenvalue weighted by Crippen LogP contribution is -2.02. The van der Waals surface area contributed by atoms with Crippen LogP contribution >= 0.6 is 0 Å². The molecule has 96 valence electrons. The Kier molecular flexibility index (Phi) is 3.18. The topological polar surface area (TPSA) is 55.9 Å². The number of aromatic nitrogens is 2. The van der Waals surface area contributed by atoms with Gasteiger partial charge in [-0.05, 0) is 18.6 Å². The Morgan fingerprint density at radius 2 is 2.11 bits per heavy atom. The lowest BCUT2D eigenvalue weighted by Gasteiger charge is -2.10. The maximum absolute atomic E-state index is 13.6. The maximum atomic E-state index is 13.6. The molecule has 4 nitrogen and oxygen atoms in total. The summed E-state index contributed by atoms with van der Waals surface area (Å²) in [4.78, 5) is 0. The van der Waals surface area contributed by atoms with Crippen LogP contribution in [0.4, 0.5) is 25.8 Å². The van der Waals surface area contributed by atoms with E-state index in [4.69, 9.17) is 5.73 Å². The van der Waals surface area contributed by atoms with Gasteiger partial charge in [-0.1, -0.05) is 6.92 Å². The van der Waals surface area contributed by atoms with E-state index >= 15 is 0 Å². The molecule has 0 spiro atoms. The van der Waals surface area contributed by atoms with Crippen molar-refractivity contribution in [1.29, 1.82) is 0 Å². The summed E-state index contributed by atoms with van der Waals surface area (Å²) < 4.78 is 28.4. The highest BCUT2D eigenvalue weighted by molar-refractivity contribution is 5.73. The van der Waals surface area contributed by atoms with Crippen LogP contribution in [0.25, 0.3) is 0 Å². The second-order valence-electron chi connectivity index (χ2n) is 3.97. The molecule has 0 bridgehead atoms. The van der Waals surface area contributed by atoms with Crippen LogP contribution in [0.1, 0.15) is 12.6 Å². The van der Waals surface area contributed by atoms with Crippen molar-refractivity contribution in [2.75, 3.05) is 11.1 Å². The van der Waals surface area contributed by atoms with Gasteiger partial charge in [0.15, 0.2) is 11.6 Å². The van der Waals surface area contributed by atoms with Crippen molar-refractivity contribution in [1.82, 2.24) is 9.78 Å². The van der Waals surface area contributed by atoms with Crippen molar-refractivity contribution in [2.45, 2.75) is 13.3 Å². The van der Waals surface area contributed by atoms with Gasteiger partial charge >= 0.3 is 0 Å². The van der Waals surface area contributed by atoms with E-state index in [9.17, 15) is 8.78 Å². The van der Waals surface area contributed by atoms with Crippen LogP contribution in [0, 0.1) is 11.6 Å². The summed E-state index contributed by atoms with van der Waals surface area (Å²) in [6, 6.07) is 2.32. The van der Waals surface area contributed by atoms with E-state index in [1.807, 2.05) is 6.92 Å². The molecule has 0 radical (unpaired) electrons. The highest BCUT2D eigenvalue weighted by atomic mass is 19.2. The van der Waals surface area contributed by atoms with Crippen molar-refractivity contribution >= 4 is 17.1 Å². The smallest absolute Gasteiger partial charge is 0.184 e. The monoisotopic (exact) mass is 252 g/mol. The Labute approximate surface area is 103 Å². The number of nitrogens with zero attached hydrogens (tertiary/aromatic N) is 2. The molecule has 1 aromatic carbocycles. The van der Waals surface area contributed by atoms with Gasteiger partial charge in [0.05, 0.1) is 17.1 Å². The number of hydrogen-bond acceptors (Lipinski definition) is 3. The third-order valence-electron chi connectivity index (χ3n) is 2.63. The van der Waals surface area contributed by atoms with Crippen LogP contribution in [-0.4, -0.2) is 9.78 Å². The first-order chi connectivity index (χ1) is 8.52. The molecule has 0 aliphatic heterocycles. The minimum absolute atomic E-state index is 0.0577. The summed E-state index contributed by atoms with van der Waals surface area (Å²) in [5.41, 5.74) is 7.12. The molecule has 2 rings (SSSR count). The number of halogens is 2. The van der Waals surface area contributed by atoms with E-state index in [0.717, 1.165) is 11.8 Å². The van der Waals surface area contributed by atoms with Gasteiger partial charge in [0, 0.05) is 13.2 Å². The van der Waals surface area contributed by atoms with Crippen LogP contribution in [-0.2, 0) is 13.5 Å². The number of aryl methyl sites for hydroxylation is 2. The van der Waals surface area contributed by atoms with Crippen molar-refractivity contribution in [3.8, 4) is 0 Å². The first kappa shape index (κ1) is 12.3. The first-order valence-electron chi connectivity index (χ1n) is 5.56. The molecule has 0 fully saturated rings. The Morgan fingerprint density at radius 3 is 2.78 bits per heavy atom. The van der Waals surface area contributed by atoms with Crippen LogP contribution in [0.5, 0.6) is 0 Å². The number of rotatable bonds is 3. The number of hydrogen-bond donors (Lipinski definition) is 2. The fourth-order valence-electron chi connectivity index (χ4n) is 1.73. The quantitative estimate of drug-likeness (QED) is 0.825. The molecule has 0 aliphatic carbocycles. The Hall–Kier alpha value is -2.11. The average molecular weight is 252 g/mol. The highest BCUT2D eigenvalue weighted by Crippen LogP contribution is 2.29. The van der Waals surface area contributed by atoms with Gasteiger partial charge in [0.2, 0.25) is 0 Å². The van der Waals surface area contributed by atoms with Gasteiger partial charge in [0.25, 0.3) is 0 Å². The molecule has 18 heavy (non-hydrogen) atoms. The molecule has 0 amide bonds. The zero-order valence-corrected chi connectivity index (χ0v) is 10.2. The summed E-state index contributed by atoms with van der Waals surface area (Å²) in [6.07, 6.45) is 2.38. The number of benzene rings is 1. The SMILES string of the molecule is CCc1nn(C)cc1Nc1c(N)ccc(F)c1F. The van der Waals surface area contributed by atoms with E-state index in [-0.39, 0.29) is 11.4 Å². The Morgan fingerprint density at radius 1 is 1.39 bits per heavy atom. The number of nitrogen functional groups attached to an aromatic ring is 1. The minimum Gasteiger partial charge on any atom is -0.397 e. The second kappa shape index (κ2) is 4.64. The fraction of sp³-hybridized carbons (Fsp3) is 0.250. The predicted octanol–water partition coefficient (Wildman–Crippen LogP) is 2.59. The molecular formula is C12H14F2N4. The molecule has 0 saturated carbocycles. The lowest BCUT2D eigenvalue weighted by atomic mass is 10.2. The fourth-order valence-corrected chi connectivity index (χ4v) is 1.73. The molecule has 3 N–H and O–H groups in total. The summed E-state index contributed by atoms with van der Waals surface area (Å²) in [5, 5.41) is 7.00. The van der Waals surface area contributed by atoms with Gasteiger partial charge < -0.3 is 11.1 Å². The molecule has 6 heteroatoms. The normalized spacial score (nSPS) is 10.7. The third-order valence-corrected chi connectivity index (χ3v) is 2.63.